The van der Waals surface area contributed by atoms with Gasteiger partial charge in [-0.3, -0.25) is 4.79 Å². The number of rotatable bonds is 4. The van der Waals surface area contributed by atoms with Crippen LogP contribution in [0.2, 0.25) is 0 Å². The maximum absolute atomic E-state index is 12.0. The largest absolute Gasteiger partial charge is 0.384 e. The number of carbonyl (C=O) groups is 1. The van der Waals surface area contributed by atoms with Gasteiger partial charge in [0.25, 0.3) is 0 Å². The Morgan fingerprint density at radius 1 is 1.47 bits per heavy atom. The van der Waals surface area contributed by atoms with Crippen LogP contribution >= 0.6 is 0 Å². The fourth-order valence-electron chi connectivity index (χ4n) is 2.25. The number of carbonyl (C=O) groups excluding carboxylic acids is 1. The molecule has 2 rings (SSSR count). The van der Waals surface area contributed by atoms with Crippen molar-refractivity contribution < 1.29 is 14.1 Å². The van der Waals surface area contributed by atoms with Gasteiger partial charge in [-0.1, -0.05) is 5.16 Å². The van der Waals surface area contributed by atoms with Crippen LogP contribution in [0.4, 0.5) is 0 Å². The summed E-state index contributed by atoms with van der Waals surface area (Å²) < 4.78 is 10.2. The third-order valence-electron chi connectivity index (χ3n) is 3.30. The first kappa shape index (κ1) is 14.0. The second-order valence-corrected chi connectivity index (χ2v) is 5.87. The van der Waals surface area contributed by atoms with E-state index in [-0.39, 0.29) is 17.4 Å². The van der Waals surface area contributed by atoms with Crippen LogP contribution in [0.3, 0.4) is 0 Å². The second kappa shape index (κ2) is 5.28. The minimum absolute atomic E-state index is 0.00974. The number of likely N-dealkylation sites (tertiary alicyclic amines) is 1. The van der Waals surface area contributed by atoms with Gasteiger partial charge in [-0.05, 0) is 20.8 Å². The summed E-state index contributed by atoms with van der Waals surface area (Å²) in [5.41, 5.74) is -0.162. The van der Waals surface area contributed by atoms with E-state index < -0.39 is 0 Å². The molecule has 1 aliphatic heterocycles. The first-order chi connectivity index (χ1) is 8.91. The molecule has 1 aromatic rings. The van der Waals surface area contributed by atoms with Crippen molar-refractivity contribution in [2.24, 2.45) is 0 Å². The monoisotopic (exact) mass is 267 g/mol. The van der Waals surface area contributed by atoms with Gasteiger partial charge < -0.3 is 14.2 Å². The van der Waals surface area contributed by atoms with Crippen molar-refractivity contribution in [1.82, 2.24) is 15.0 Å². The minimum atomic E-state index is -0.162. The Bertz CT molecular complexity index is 450. The van der Waals surface area contributed by atoms with Crippen molar-refractivity contribution in [3.8, 4) is 0 Å². The van der Waals surface area contributed by atoms with Gasteiger partial charge >= 0.3 is 0 Å². The number of nitrogens with zero attached hydrogens (tertiary/aromatic N) is 3. The zero-order valence-electron chi connectivity index (χ0n) is 12.0. The van der Waals surface area contributed by atoms with Crippen LogP contribution in [0.25, 0.3) is 0 Å². The molecule has 2 heterocycles. The summed E-state index contributed by atoms with van der Waals surface area (Å²) in [5, 5.41) is 3.91. The Kier molecular flexibility index (Phi) is 3.89. The zero-order valence-corrected chi connectivity index (χ0v) is 12.0. The van der Waals surface area contributed by atoms with Crippen LogP contribution in [0.1, 0.15) is 44.8 Å². The predicted octanol–water partition coefficient (Wildman–Crippen LogP) is 1.37. The van der Waals surface area contributed by atoms with E-state index in [0.29, 0.717) is 37.7 Å². The van der Waals surface area contributed by atoms with E-state index in [1.807, 2.05) is 25.7 Å². The van der Waals surface area contributed by atoms with E-state index in [0.717, 1.165) is 0 Å². The van der Waals surface area contributed by atoms with Crippen LogP contribution in [0.5, 0.6) is 0 Å². The molecule has 1 fully saturated rings. The van der Waals surface area contributed by atoms with E-state index in [4.69, 9.17) is 9.26 Å². The van der Waals surface area contributed by atoms with Gasteiger partial charge in [0.15, 0.2) is 5.82 Å². The SMILES string of the molecule is COCCc1noc(C2CC(=O)N(C(C)(C)C)C2)n1. The van der Waals surface area contributed by atoms with Gasteiger partial charge in [-0.2, -0.15) is 4.98 Å². The highest BCUT2D eigenvalue weighted by atomic mass is 16.5. The van der Waals surface area contributed by atoms with E-state index in [9.17, 15) is 4.79 Å². The maximum Gasteiger partial charge on any atom is 0.232 e. The molecule has 1 unspecified atom stereocenters. The standard InChI is InChI=1S/C13H21N3O3/c1-13(2,3)16-8-9(7-11(16)17)12-14-10(15-19-12)5-6-18-4/h9H,5-8H2,1-4H3. The lowest BCUT2D eigenvalue weighted by Crippen LogP contribution is -2.42. The van der Waals surface area contributed by atoms with Gasteiger partial charge in [0.05, 0.1) is 12.5 Å². The van der Waals surface area contributed by atoms with Crippen LogP contribution in [0, 0.1) is 0 Å². The molecule has 0 bridgehead atoms. The van der Waals surface area contributed by atoms with Crippen LogP contribution in [-0.4, -0.2) is 46.7 Å². The van der Waals surface area contributed by atoms with Crippen molar-refractivity contribution in [1.29, 1.82) is 0 Å². The van der Waals surface area contributed by atoms with E-state index in [2.05, 4.69) is 10.1 Å². The summed E-state index contributed by atoms with van der Waals surface area (Å²) >= 11 is 0. The highest BCUT2D eigenvalue weighted by Crippen LogP contribution is 2.31. The quantitative estimate of drug-likeness (QED) is 0.824. The van der Waals surface area contributed by atoms with Gasteiger partial charge in [0.1, 0.15) is 0 Å². The Balaban J connectivity index is 2.04. The van der Waals surface area contributed by atoms with Crippen LogP contribution in [-0.2, 0) is 16.0 Å². The first-order valence-electron chi connectivity index (χ1n) is 6.53. The van der Waals surface area contributed by atoms with Crippen LogP contribution < -0.4 is 0 Å². The lowest BCUT2D eigenvalue weighted by molar-refractivity contribution is -0.131. The van der Waals surface area contributed by atoms with Crippen molar-refractivity contribution in [3.63, 3.8) is 0 Å². The molecule has 1 atom stereocenters. The van der Waals surface area contributed by atoms with Crippen molar-refractivity contribution in [2.75, 3.05) is 20.3 Å². The fourth-order valence-corrected chi connectivity index (χ4v) is 2.25. The molecule has 1 aliphatic rings. The lowest BCUT2D eigenvalue weighted by atomic mass is 10.1. The molecule has 0 saturated carbocycles. The smallest absolute Gasteiger partial charge is 0.232 e. The van der Waals surface area contributed by atoms with E-state index in [1.165, 1.54) is 0 Å². The molecule has 6 heteroatoms. The number of aromatic nitrogens is 2. The second-order valence-electron chi connectivity index (χ2n) is 5.87. The molecule has 106 valence electrons. The average Bonchev–Trinajstić information content (AvgIpc) is 2.91. The number of amides is 1. The maximum atomic E-state index is 12.0. The Hall–Kier alpha value is -1.43. The summed E-state index contributed by atoms with van der Waals surface area (Å²) in [6.07, 6.45) is 1.08. The molecule has 0 aliphatic carbocycles. The molecule has 0 aromatic carbocycles. The number of hydrogen-bond donors (Lipinski definition) is 0. The van der Waals surface area contributed by atoms with Crippen molar-refractivity contribution in [2.45, 2.75) is 45.1 Å². The highest BCUT2D eigenvalue weighted by molar-refractivity contribution is 5.80. The first-order valence-corrected chi connectivity index (χ1v) is 6.53. The number of ether oxygens (including phenoxy) is 1. The van der Waals surface area contributed by atoms with Gasteiger partial charge in [0, 0.05) is 32.0 Å². The third kappa shape index (κ3) is 3.12. The molecular formula is C13H21N3O3. The summed E-state index contributed by atoms with van der Waals surface area (Å²) in [4.78, 5) is 18.2. The fraction of sp³-hybridized carbons (Fsp3) is 0.769. The van der Waals surface area contributed by atoms with Crippen LogP contribution in [0.15, 0.2) is 4.52 Å². The summed E-state index contributed by atoms with van der Waals surface area (Å²) in [6.45, 7) is 7.31. The highest BCUT2D eigenvalue weighted by Gasteiger charge is 2.39. The minimum Gasteiger partial charge on any atom is -0.384 e. The molecular weight excluding hydrogens is 246 g/mol. The molecule has 0 radical (unpaired) electrons. The van der Waals surface area contributed by atoms with Crippen molar-refractivity contribution in [3.05, 3.63) is 11.7 Å². The molecule has 1 amide bonds. The lowest BCUT2D eigenvalue weighted by Gasteiger charge is -2.31. The normalized spacial score (nSPS) is 20.3. The molecule has 6 nitrogen and oxygen atoms in total. The van der Waals surface area contributed by atoms with Crippen molar-refractivity contribution >= 4 is 5.91 Å². The summed E-state index contributed by atoms with van der Waals surface area (Å²) in [5.74, 6) is 1.36. The van der Waals surface area contributed by atoms with E-state index >= 15 is 0 Å². The molecule has 0 N–H and O–H groups in total. The molecule has 19 heavy (non-hydrogen) atoms. The topological polar surface area (TPSA) is 68.5 Å². The van der Waals surface area contributed by atoms with Gasteiger partial charge in [-0.15, -0.1) is 0 Å². The molecule has 0 spiro atoms. The van der Waals surface area contributed by atoms with E-state index in [1.54, 1.807) is 7.11 Å². The van der Waals surface area contributed by atoms with Gasteiger partial charge in [-0.25, -0.2) is 0 Å². The average molecular weight is 267 g/mol. The number of methoxy groups -OCH3 is 1. The Morgan fingerprint density at radius 3 is 2.79 bits per heavy atom. The predicted molar refractivity (Wildman–Crippen MR) is 68.7 cm³/mol. The third-order valence-corrected chi connectivity index (χ3v) is 3.30. The summed E-state index contributed by atoms with van der Waals surface area (Å²) in [7, 11) is 1.64. The molecule has 1 saturated heterocycles. The number of hydrogen-bond acceptors (Lipinski definition) is 5. The Morgan fingerprint density at radius 2 is 2.21 bits per heavy atom. The van der Waals surface area contributed by atoms with Gasteiger partial charge in [0.2, 0.25) is 11.8 Å². The zero-order chi connectivity index (χ0) is 14.0. The molecule has 1 aromatic heterocycles. The summed E-state index contributed by atoms with van der Waals surface area (Å²) in [6, 6.07) is 0. The Labute approximate surface area is 113 Å².